The van der Waals surface area contributed by atoms with Crippen LogP contribution in [-0.4, -0.2) is 17.5 Å². The molecule has 0 spiro atoms. The molecule has 0 bridgehead atoms. The first-order valence-electron chi connectivity index (χ1n) is 12.0. The average Bonchev–Trinajstić information content (AvgIpc) is 2.65. The van der Waals surface area contributed by atoms with Crippen LogP contribution in [-0.2, 0) is 0 Å². The lowest BCUT2D eigenvalue weighted by Crippen LogP contribution is -1.83. The van der Waals surface area contributed by atoms with Crippen molar-refractivity contribution in [2.45, 2.75) is 143 Å². The lowest BCUT2D eigenvalue weighted by atomic mass is 10.0. The molecule has 0 aliphatic rings. The normalized spacial score (nSPS) is 9.92. The summed E-state index contributed by atoms with van der Waals surface area (Å²) in [5.41, 5.74) is 0. The SMILES string of the molecule is CCCCCC.CCCCCCCCCCCCCCCCS.CCO. The van der Waals surface area contributed by atoms with E-state index in [2.05, 4.69) is 33.4 Å². The van der Waals surface area contributed by atoms with Gasteiger partial charge in [-0.15, -0.1) is 0 Å². The zero-order valence-electron chi connectivity index (χ0n) is 19.0. The summed E-state index contributed by atoms with van der Waals surface area (Å²) < 4.78 is 0. The Bertz CT molecular complexity index is 167. The number of unbranched alkanes of at least 4 members (excludes halogenated alkanes) is 16. The molecule has 0 aromatic carbocycles. The van der Waals surface area contributed by atoms with Crippen LogP contribution in [0.25, 0.3) is 0 Å². The summed E-state index contributed by atoms with van der Waals surface area (Å²) in [7, 11) is 0. The highest BCUT2D eigenvalue weighted by molar-refractivity contribution is 7.80. The summed E-state index contributed by atoms with van der Waals surface area (Å²) in [6, 6.07) is 0. The molecule has 0 saturated heterocycles. The van der Waals surface area contributed by atoms with Crippen LogP contribution in [0.2, 0.25) is 0 Å². The fraction of sp³-hybridized carbons (Fsp3) is 1.00. The van der Waals surface area contributed by atoms with Gasteiger partial charge in [-0.2, -0.15) is 12.6 Å². The Morgan fingerprint density at radius 1 is 0.423 bits per heavy atom. The highest BCUT2D eigenvalue weighted by Crippen LogP contribution is 2.12. The van der Waals surface area contributed by atoms with Crippen molar-refractivity contribution in [1.82, 2.24) is 0 Å². The highest BCUT2D eigenvalue weighted by atomic mass is 32.1. The third-order valence-corrected chi connectivity index (χ3v) is 4.79. The van der Waals surface area contributed by atoms with Gasteiger partial charge in [0.05, 0.1) is 0 Å². The van der Waals surface area contributed by atoms with E-state index in [0.29, 0.717) is 0 Å². The summed E-state index contributed by atoms with van der Waals surface area (Å²) in [5.74, 6) is 1.07. The second kappa shape index (κ2) is 36.3. The highest BCUT2D eigenvalue weighted by Gasteiger charge is 1.93. The molecule has 0 aliphatic carbocycles. The van der Waals surface area contributed by atoms with Crippen LogP contribution in [0.5, 0.6) is 0 Å². The number of aliphatic hydroxyl groups is 1. The van der Waals surface area contributed by atoms with Gasteiger partial charge >= 0.3 is 0 Å². The van der Waals surface area contributed by atoms with Crippen LogP contribution in [0.1, 0.15) is 143 Å². The monoisotopic (exact) mass is 390 g/mol. The molecule has 0 heterocycles. The largest absolute Gasteiger partial charge is 0.397 e. The van der Waals surface area contributed by atoms with E-state index in [9.17, 15) is 0 Å². The Kier molecular flexibility index (Phi) is 43.3. The Morgan fingerprint density at radius 2 is 0.615 bits per heavy atom. The van der Waals surface area contributed by atoms with E-state index in [1.54, 1.807) is 6.92 Å². The third-order valence-electron chi connectivity index (χ3n) is 4.47. The Balaban J connectivity index is -0.000000486. The fourth-order valence-corrected chi connectivity index (χ4v) is 3.03. The fourth-order valence-electron chi connectivity index (χ4n) is 2.81. The number of hydrogen-bond donors (Lipinski definition) is 2. The molecular weight excluding hydrogens is 336 g/mol. The third kappa shape index (κ3) is 44.1. The molecule has 0 unspecified atom stereocenters. The average molecular weight is 391 g/mol. The molecule has 1 N–H and O–H groups in total. The van der Waals surface area contributed by atoms with Gasteiger partial charge in [0, 0.05) is 6.61 Å². The summed E-state index contributed by atoms with van der Waals surface area (Å²) in [5, 5.41) is 7.57. The van der Waals surface area contributed by atoms with Crippen molar-refractivity contribution < 1.29 is 5.11 Å². The van der Waals surface area contributed by atoms with Crippen molar-refractivity contribution in [3.05, 3.63) is 0 Å². The van der Waals surface area contributed by atoms with Crippen LogP contribution in [0.15, 0.2) is 0 Å². The van der Waals surface area contributed by atoms with Crippen molar-refractivity contribution in [3.63, 3.8) is 0 Å². The van der Waals surface area contributed by atoms with Crippen LogP contribution < -0.4 is 0 Å². The van der Waals surface area contributed by atoms with Crippen LogP contribution in [0.3, 0.4) is 0 Å². The van der Waals surface area contributed by atoms with Gasteiger partial charge in [0.25, 0.3) is 0 Å². The van der Waals surface area contributed by atoms with E-state index < -0.39 is 0 Å². The summed E-state index contributed by atoms with van der Waals surface area (Å²) in [4.78, 5) is 0. The quantitative estimate of drug-likeness (QED) is 0.187. The zero-order chi connectivity index (χ0) is 20.1. The maximum Gasteiger partial charge on any atom is 0.0402 e. The topological polar surface area (TPSA) is 20.2 Å². The first-order chi connectivity index (χ1) is 12.7. The van der Waals surface area contributed by atoms with Crippen molar-refractivity contribution in [3.8, 4) is 0 Å². The van der Waals surface area contributed by atoms with Gasteiger partial charge in [-0.05, 0) is 19.1 Å². The van der Waals surface area contributed by atoms with Gasteiger partial charge in [-0.1, -0.05) is 130 Å². The summed E-state index contributed by atoms with van der Waals surface area (Å²) in [6.07, 6.45) is 25.7. The molecule has 2 heteroatoms. The minimum absolute atomic E-state index is 0.250. The van der Waals surface area contributed by atoms with E-state index in [-0.39, 0.29) is 6.61 Å². The van der Waals surface area contributed by atoms with E-state index in [1.807, 2.05) is 0 Å². The molecule has 0 rings (SSSR count). The van der Waals surface area contributed by atoms with E-state index >= 15 is 0 Å². The van der Waals surface area contributed by atoms with Crippen molar-refractivity contribution in [1.29, 1.82) is 0 Å². The molecule has 26 heavy (non-hydrogen) atoms. The molecule has 0 fully saturated rings. The van der Waals surface area contributed by atoms with E-state index in [1.165, 1.54) is 116 Å². The number of thiol groups is 1. The van der Waals surface area contributed by atoms with Crippen molar-refractivity contribution in [2.24, 2.45) is 0 Å². The van der Waals surface area contributed by atoms with Gasteiger partial charge in [-0.3, -0.25) is 0 Å². The lowest BCUT2D eigenvalue weighted by molar-refractivity contribution is 0.318. The lowest BCUT2D eigenvalue weighted by Gasteiger charge is -2.02. The molecule has 0 aliphatic heterocycles. The molecule has 0 aromatic rings. The summed E-state index contributed by atoms with van der Waals surface area (Å²) in [6.45, 7) is 8.68. The van der Waals surface area contributed by atoms with E-state index in [4.69, 9.17) is 5.11 Å². The Morgan fingerprint density at radius 3 is 0.846 bits per heavy atom. The van der Waals surface area contributed by atoms with E-state index in [0.717, 1.165) is 5.75 Å². The minimum atomic E-state index is 0.250. The molecule has 0 radical (unpaired) electrons. The standard InChI is InChI=1S/C16H34S.C6H14.C2H6O/c1-2-3-4-5-6-7-8-9-10-11-12-13-14-15-16-17;1-3-5-6-4-2;1-2-3/h17H,2-16H2,1H3;3-6H2,1-2H3;3H,2H2,1H3. The first-order valence-corrected chi connectivity index (χ1v) is 12.6. The molecule has 0 aromatic heterocycles. The van der Waals surface area contributed by atoms with Gasteiger partial charge in [0.2, 0.25) is 0 Å². The van der Waals surface area contributed by atoms with Crippen molar-refractivity contribution >= 4 is 12.6 Å². The second-order valence-corrected chi connectivity index (χ2v) is 7.79. The smallest absolute Gasteiger partial charge is 0.0402 e. The van der Waals surface area contributed by atoms with Crippen LogP contribution in [0.4, 0.5) is 0 Å². The van der Waals surface area contributed by atoms with Gasteiger partial charge in [0.1, 0.15) is 0 Å². The summed E-state index contributed by atoms with van der Waals surface area (Å²) >= 11 is 4.23. The van der Waals surface area contributed by atoms with Crippen molar-refractivity contribution in [2.75, 3.05) is 12.4 Å². The predicted molar refractivity (Wildman–Crippen MR) is 127 cm³/mol. The Labute approximate surface area is 173 Å². The van der Waals surface area contributed by atoms with Gasteiger partial charge in [0.15, 0.2) is 0 Å². The molecule has 0 atom stereocenters. The minimum Gasteiger partial charge on any atom is -0.397 e. The Hall–Kier alpha value is 0.310. The van der Waals surface area contributed by atoms with Crippen LogP contribution >= 0.6 is 12.6 Å². The zero-order valence-corrected chi connectivity index (χ0v) is 19.9. The molecule has 162 valence electrons. The maximum absolute atomic E-state index is 7.57. The molecule has 0 amide bonds. The first kappa shape index (κ1) is 31.0. The van der Waals surface area contributed by atoms with Crippen LogP contribution in [0, 0.1) is 0 Å². The number of hydrogen-bond acceptors (Lipinski definition) is 2. The molecule has 1 nitrogen and oxygen atoms in total. The number of rotatable bonds is 17. The maximum atomic E-state index is 7.57. The van der Waals surface area contributed by atoms with Gasteiger partial charge in [-0.25, -0.2) is 0 Å². The van der Waals surface area contributed by atoms with Gasteiger partial charge < -0.3 is 5.11 Å². The molecular formula is C24H54OS. The predicted octanol–water partition coefficient (Wildman–Crippen LogP) is 8.98. The molecule has 0 saturated carbocycles. The number of aliphatic hydroxyl groups excluding tert-OH is 1. The second-order valence-electron chi connectivity index (χ2n) is 7.34.